The van der Waals surface area contributed by atoms with Gasteiger partial charge in [-0.3, -0.25) is 4.79 Å². The van der Waals surface area contributed by atoms with E-state index in [-0.39, 0.29) is 5.91 Å². The van der Waals surface area contributed by atoms with Crippen LogP contribution in [0, 0.1) is 0 Å². The highest BCUT2D eigenvalue weighted by molar-refractivity contribution is 7.14. The normalized spacial score (nSPS) is 13.4. The van der Waals surface area contributed by atoms with Crippen LogP contribution in [0.5, 0.6) is 5.75 Å². The molecule has 0 radical (unpaired) electrons. The van der Waals surface area contributed by atoms with Crippen LogP contribution in [-0.2, 0) is 13.0 Å². The highest BCUT2D eigenvalue weighted by Crippen LogP contribution is 2.24. The van der Waals surface area contributed by atoms with E-state index in [2.05, 4.69) is 20.3 Å². The smallest absolute Gasteiger partial charge is 0.273 e. The molecule has 0 spiro atoms. The number of hydrogen-bond donors (Lipinski definition) is 2. The zero-order valence-corrected chi connectivity index (χ0v) is 14.5. The van der Waals surface area contributed by atoms with Crippen LogP contribution < -0.4 is 10.1 Å². The second kappa shape index (κ2) is 6.56. The molecule has 128 valence electrons. The summed E-state index contributed by atoms with van der Waals surface area (Å²) in [7, 11) is 1.63. The van der Waals surface area contributed by atoms with Gasteiger partial charge in [-0.05, 0) is 24.3 Å². The van der Waals surface area contributed by atoms with Gasteiger partial charge < -0.3 is 19.9 Å². The average Bonchev–Trinajstić information content (AvgIpc) is 3.30. The summed E-state index contributed by atoms with van der Waals surface area (Å²) in [5.41, 5.74) is 3.41. The summed E-state index contributed by atoms with van der Waals surface area (Å²) in [5.74, 6) is 0.739. The van der Waals surface area contributed by atoms with Crippen LogP contribution >= 0.6 is 11.3 Å². The van der Waals surface area contributed by atoms with Gasteiger partial charge in [0.2, 0.25) is 0 Å². The van der Waals surface area contributed by atoms with Crippen molar-refractivity contribution in [3.8, 4) is 5.75 Å². The fourth-order valence-electron chi connectivity index (χ4n) is 2.78. The lowest BCUT2D eigenvalue weighted by molar-refractivity contribution is 0.0727. The number of aromatic nitrogens is 3. The van der Waals surface area contributed by atoms with E-state index in [0.717, 1.165) is 29.2 Å². The first-order chi connectivity index (χ1) is 12.2. The number of imidazole rings is 1. The highest BCUT2D eigenvalue weighted by Gasteiger charge is 2.24. The number of methoxy groups -OCH3 is 1. The third-order valence-corrected chi connectivity index (χ3v) is 4.88. The lowest BCUT2D eigenvalue weighted by atomic mass is 10.1. The van der Waals surface area contributed by atoms with Crippen molar-refractivity contribution < 1.29 is 9.53 Å². The number of carbonyl (C=O) groups excluding carboxylic acids is 1. The Morgan fingerprint density at radius 1 is 1.36 bits per heavy atom. The summed E-state index contributed by atoms with van der Waals surface area (Å²) < 4.78 is 5.14. The molecule has 1 amide bonds. The van der Waals surface area contributed by atoms with Crippen molar-refractivity contribution in [2.75, 3.05) is 19.0 Å². The topological polar surface area (TPSA) is 83.1 Å². The minimum Gasteiger partial charge on any atom is -0.497 e. The monoisotopic (exact) mass is 355 g/mol. The molecule has 4 rings (SSSR count). The van der Waals surface area contributed by atoms with Gasteiger partial charge in [0.15, 0.2) is 5.13 Å². The predicted molar refractivity (Wildman–Crippen MR) is 95.4 cm³/mol. The van der Waals surface area contributed by atoms with Crippen LogP contribution in [0.1, 0.15) is 21.9 Å². The zero-order valence-electron chi connectivity index (χ0n) is 13.7. The van der Waals surface area contributed by atoms with E-state index >= 15 is 0 Å². The highest BCUT2D eigenvalue weighted by atomic mass is 32.1. The van der Waals surface area contributed by atoms with E-state index in [4.69, 9.17) is 4.74 Å². The van der Waals surface area contributed by atoms with Crippen LogP contribution in [0.3, 0.4) is 0 Å². The molecular weight excluding hydrogens is 338 g/mol. The largest absolute Gasteiger partial charge is 0.497 e. The average molecular weight is 355 g/mol. The lowest BCUT2D eigenvalue weighted by Crippen LogP contribution is -2.36. The summed E-state index contributed by atoms with van der Waals surface area (Å²) in [4.78, 5) is 26.3. The molecule has 0 aliphatic carbocycles. The first-order valence-corrected chi connectivity index (χ1v) is 8.78. The van der Waals surface area contributed by atoms with Crippen molar-refractivity contribution in [3.05, 3.63) is 53.1 Å². The Morgan fingerprint density at radius 2 is 2.20 bits per heavy atom. The molecule has 1 aliphatic heterocycles. The zero-order chi connectivity index (χ0) is 17.2. The van der Waals surface area contributed by atoms with Gasteiger partial charge >= 0.3 is 0 Å². The van der Waals surface area contributed by atoms with Crippen molar-refractivity contribution in [2.45, 2.75) is 13.0 Å². The third kappa shape index (κ3) is 3.20. The molecule has 2 aromatic heterocycles. The van der Waals surface area contributed by atoms with Crippen molar-refractivity contribution in [1.29, 1.82) is 0 Å². The number of thiazole rings is 1. The van der Waals surface area contributed by atoms with Crippen molar-refractivity contribution in [3.63, 3.8) is 0 Å². The summed E-state index contributed by atoms with van der Waals surface area (Å²) in [6.45, 7) is 1.21. The Kier molecular flexibility index (Phi) is 4.10. The van der Waals surface area contributed by atoms with E-state index in [0.29, 0.717) is 23.9 Å². The van der Waals surface area contributed by atoms with Gasteiger partial charge in [0.05, 0.1) is 31.4 Å². The van der Waals surface area contributed by atoms with Gasteiger partial charge in [-0.25, -0.2) is 9.97 Å². The summed E-state index contributed by atoms with van der Waals surface area (Å²) >= 11 is 1.41. The van der Waals surface area contributed by atoms with Gasteiger partial charge in [0.25, 0.3) is 5.91 Å². The van der Waals surface area contributed by atoms with Gasteiger partial charge in [-0.1, -0.05) is 0 Å². The molecule has 25 heavy (non-hydrogen) atoms. The van der Waals surface area contributed by atoms with E-state index in [1.54, 1.807) is 23.7 Å². The Bertz CT molecular complexity index is 887. The fraction of sp³-hybridized carbons (Fsp3) is 0.235. The second-order valence-electron chi connectivity index (χ2n) is 5.70. The second-order valence-corrected chi connectivity index (χ2v) is 6.55. The number of ether oxygens (including phenoxy) is 1. The van der Waals surface area contributed by atoms with Gasteiger partial charge in [-0.2, -0.15) is 0 Å². The molecule has 7 nitrogen and oxygen atoms in total. The maximum absolute atomic E-state index is 12.7. The van der Waals surface area contributed by atoms with E-state index in [1.165, 1.54) is 11.3 Å². The first-order valence-electron chi connectivity index (χ1n) is 7.90. The van der Waals surface area contributed by atoms with Crippen LogP contribution in [0.2, 0.25) is 0 Å². The predicted octanol–water partition coefficient (Wildman–Crippen LogP) is 2.82. The van der Waals surface area contributed by atoms with Crippen molar-refractivity contribution >= 4 is 28.1 Å². The molecule has 0 unspecified atom stereocenters. The van der Waals surface area contributed by atoms with Crippen LogP contribution in [0.25, 0.3) is 0 Å². The van der Waals surface area contributed by atoms with Crippen molar-refractivity contribution in [1.82, 2.24) is 19.9 Å². The van der Waals surface area contributed by atoms with Crippen LogP contribution in [0.15, 0.2) is 36.0 Å². The molecule has 3 aromatic rings. The number of benzene rings is 1. The minimum absolute atomic E-state index is 0.0562. The number of aromatic amines is 1. The van der Waals surface area contributed by atoms with E-state index in [9.17, 15) is 4.79 Å². The lowest BCUT2D eigenvalue weighted by Gasteiger charge is -2.25. The maximum Gasteiger partial charge on any atom is 0.273 e. The summed E-state index contributed by atoms with van der Waals surface area (Å²) in [5, 5.41) is 5.69. The van der Waals surface area contributed by atoms with Gasteiger partial charge in [-0.15, -0.1) is 11.3 Å². The van der Waals surface area contributed by atoms with E-state index in [1.807, 2.05) is 24.3 Å². The fourth-order valence-corrected chi connectivity index (χ4v) is 3.48. The number of nitrogens with one attached hydrogen (secondary N) is 2. The summed E-state index contributed by atoms with van der Waals surface area (Å²) in [6.07, 6.45) is 2.45. The molecule has 3 heterocycles. The Balaban J connectivity index is 1.44. The number of rotatable bonds is 4. The number of amides is 1. The Hall–Kier alpha value is -2.87. The number of carbonyl (C=O) groups is 1. The maximum atomic E-state index is 12.7. The van der Waals surface area contributed by atoms with Crippen molar-refractivity contribution in [2.24, 2.45) is 0 Å². The Morgan fingerprint density at radius 3 is 3.00 bits per heavy atom. The van der Waals surface area contributed by atoms with E-state index < -0.39 is 0 Å². The SMILES string of the molecule is COc1ccc(Nc2nc(C(=O)N3CCc4nc[nH]c4C3)cs2)cc1. The number of hydrogen-bond acceptors (Lipinski definition) is 6. The van der Waals surface area contributed by atoms with Gasteiger partial charge in [0.1, 0.15) is 11.4 Å². The molecule has 8 heteroatoms. The molecule has 2 N–H and O–H groups in total. The number of anilines is 2. The molecule has 0 saturated carbocycles. The molecule has 1 aromatic carbocycles. The minimum atomic E-state index is -0.0562. The molecular formula is C17H17N5O2S. The van der Waals surface area contributed by atoms with Crippen LogP contribution in [-0.4, -0.2) is 39.4 Å². The molecule has 0 fully saturated rings. The molecule has 0 atom stereocenters. The molecule has 0 bridgehead atoms. The third-order valence-electron chi connectivity index (χ3n) is 4.13. The van der Waals surface area contributed by atoms with Gasteiger partial charge in [0, 0.05) is 24.0 Å². The number of H-pyrrole nitrogens is 1. The number of fused-ring (bicyclic) bond motifs is 1. The quantitative estimate of drug-likeness (QED) is 0.752. The molecule has 1 aliphatic rings. The number of nitrogens with zero attached hydrogens (tertiary/aromatic N) is 3. The van der Waals surface area contributed by atoms with Crippen LogP contribution in [0.4, 0.5) is 10.8 Å². The Labute approximate surface area is 148 Å². The summed E-state index contributed by atoms with van der Waals surface area (Å²) in [6, 6.07) is 7.56. The first kappa shape index (κ1) is 15.6. The molecule has 0 saturated heterocycles. The standard InChI is InChI=1S/C17H17N5O2S/c1-24-12-4-2-11(3-5-12)20-17-21-15(9-25-17)16(23)22-7-6-13-14(8-22)19-10-18-13/h2-5,9-10H,6-8H2,1H3,(H,18,19)(H,20,21).